The molecule has 0 radical (unpaired) electrons. The van der Waals surface area contributed by atoms with E-state index in [2.05, 4.69) is 35.3 Å². The lowest BCUT2D eigenvalue weighted by atomic mass is 9.87. The zero-order valence-corrected chi connectivity index (χ0v) is 16.9. The van der Waals surface area contributed by atoms with Gasteiger partial charge in [-0.15, -0.1) is 0 Å². The van der Waals surface area contributed by atoms with Crippen molar-refractivity contribution in [2.24, 2.45) is 5.73 Å². The number of H-pyrrole nitrogens is 1. The van der Waals surface area contributed by atoms with E-state index < -0.39 is 11.8 Å². The number of halogens is 1. The lowest BCUT2D eigenvalue weighted by Gasteiger charge is -2.16. The van der Waals surface area contributed by atoms with Gasteiger partial charge in [-0.2, -0.15) is 0 Å². The van der Waals surface area contributed by atoms with Crippen LogP contribution in [0.25, 0.3) is 32.9 Å². The van der Waals surface area contributed by atoms with E-state index in [1.54, 1.807) is 0 Å². The van der Waals surface area contributed by atoms with E-state index in [1.165, 1.54) is 0 Å². The van der Waals surface area contributed by atoms with Gasteiger partial charge in [0.15, 0.2) is 0 Å². The molecule has 0 aliphatic carbocycles. The van der Waals surface area contributed by atoms with Gasteiger partial charge >= 0.3 is 0 Å². The Morgan fingerprint density at radius 2 is 1.57 bits per heavy atom. The molecule has 3 N–H and O–H groups in total. The molecule has 3 nitrogen and oxygen atoms in total. The summed E-state index contributed by atoms with van der Waals surface area (Å²) in [7, 11) is 0. The number of rotatable bonds is 4. The molecule has 0 saturated carbocycles. The van der Waals surface area contributed by atoms with Crippen molar-refractivity contribution in [3.63, 3.8) is 0 Å². The number of amides is 1. The van der Waals surface area contributed by atoms with Crippen molar-refractivity contribution >= 4 is 39.2 Å². The fourth-order valence-corrected chi connectivity index (χ4v) is 4.35. The third-order valence-corrected chi connectivity index (χ3v) is 5.78. The average molecular weight is 411 g/mol. The van der Waals surface area contributed by atoms with Gasteiger partial charge < -0.3 is 10.7 Å². The first-order valence-corrected chi connectivity index (χ1v) is 10.1. The lowest BCUT2D eigenvalue weighted by Crippen LogP contribution is -2.22. The van der Waals surface area contributed by atoms with E-state index in [0.717, 1.165) is 44.1 Å². The van der Waals surface area contributed by atoms with Crippen LogP contribution in [0.15, 0.2) is 91.0 Å². The van der Waals surface area contributed by atoms with E-state index in [4.69, 9.17) is 17.3 Å². The molecule has 1 heterocycles. The number of nitrogens with one attached hydrogen (secondary N) is 1. The third-order valence-electron chi connectivity index (χ3n) is 5.55. The molecular weight excluding hydrogens is 392 g/mol. The third kappa shape index (κ3) is 3.14. The average Bonchev–Trinajstić information content (AvgIpc) is 3.12. The molecule has 4 heteroatoms. The van der Waals surface area contributed by atoms with Gasteiger partial charge in [0.2, 0.25) is 5.91 Å². The van der Waals surface area contributed by atoms with Crippen LogP contribution in [0.1, 0.15) is 17.0 Å². The Balaban J connectivity index is 1.83. The van der Waals surface area contributed by atoms with E-state index in [-0.39, 0.29) is 0 Å². The van der Waals surface area contributed by atoms with Crippen molar-refractivity contribution in [2.45, 2.75) is 5.92 Å². The molecule has 0 bridgehead atoms. The van der Waals surface area contributed by atoms with Crippen LogP contribution >= 0.6 is 11.6 Å². The summed E-state index contributed by atoms with van der Waals surface area (Å²) in [6.07, 6.45) is 0. The summed E-state index contributed by atoms with van der Waals surface area (Å²) >= 11 is 6.32. The molecule has 1 atom stereocenters. The monoisotopic (exact) mass is 410 g/mol. The predicted molar refractivity (Wildman–Crippen MR) is 124 cm³/mol. The summed E-state index contributed by atoms with van der Waals surface area (Å²) < 4.78 is 0. The first-order chi connectivity index (χ1) is 14.6. The van der Waals surface area contributed by atoms with Crippen LogP contribution < -0.4 is 5.73 Å². The first kappa shape index (κ1) is 18.5. The zero-order valence-electron chi connectivity index (χ0n) is 16.1. The highest BCUT2D eigenvalue weighted by atomic mass is 35.5. The summed E-state index contributed by atoms with van der Waals surface area (Å²) in [5.74, 6) is -0.996. The fourth-order valence-electron chi connectivity index (χ4n) is 4.18. The molecule has 4 aromatic carbocycles. The Kier molecular flexibility index (Phi) is 4.53. The SMILES string of the molecule is NC(=O)C(c1ccccc1)c1c(-c2ccc3ccccc3c2)[nH]c2ccc(Cl)cc12. The number of carbonyl (C=O) groups excluding carboxylic acids is 1. The summed E-state index contributed by atoms with van der Waals surface area (Å²) in [6.45, 7) is 0. The molecule has 1 unspecified atom stereocenters. The van der Waals surface area contributed by atoms with Crippen LogP contribution in [0.3, 0.4) is 0 Å². The highest BCUT2D eigenvalue weighted by Crippen LogP contribution is 2.40. The molecule has 0 spiro atoms. The van der Waals surface area contributed by atoms with Gasteiger partial charge in [-0.1, -0.05) is 78.3 Å². The van der Waals surface area contributed by atoms with Crippen molar-refractivity contribution in [3.8, 4) is 11.3 Å². The Morgan fingerprint density at radius 3 is 2.33 bits per heavy atom. The first-order valence-electron chi connectivity index (χ1n) is 9.76. The summed E-state index contributed by atoms with van der Waals surface area (Å²) in [5, 5.41) is 3.81. The second kappa shape index (κ2) is 7.36. The predicted octanol–water partition coefficient (Wildman–Crippen LogP) is 6.26. The number of benzene rings is 4. The molecular formula is C26H19ClN2O. The van der Waals surface area contributed by atoms with E-state index >= 15 is 0 Å². The topological polar surface area (TPSA) is 58.9 Å². The molecule has 30 heavy (non-hydrogen) atoms. The number of nitrogens with two attached hydrogens (primary N) is 1. The highest BCUT2D eigenvalue weighted by Gasteiger charge is 2.27. The Morgan fingerprint density at radius 1 is 0.833 bits per heavy atom. The smallest absolute Gasteiger partial charge is 0.229 e. The minimum absolute atomic E-state index is 0.399. The normalized spacial score (nSPS) is 12.3. The summed E-state index contributed by atoms with van der Waals surface area (Å²) in [4.78, 5) is 16.2. The number of fused-ring (bicyclic) bond motifs is 2. The molecule has 0 aliphatic heterocycles. The van der Waals surface area contributed by atoms with Gasteiger partial charge in [0, 0.05) is 21.5 Å². The van der Waals surface area contributed by atoms with Crippen molar-refractivity contribution < 1.29 is 4.79 Å². The van der Waals surface area contributed by atoms with Gasteiger partial charge in [0.25, 0.3) is 0 Å². The molecule has 1 amide bonds. The molecule has 5 aromatic rings. The number of aromatic nitrogens is 1. The molecule has 1 aromatic heterocycles. The van der Waals surface area contributed by atoms with E-state index in [0.29, 0.717) is 5.02 Å². The van der Waals surface area contributed by atoms with Gasteiger partial charge in [-0.25, -0.2) is 0 Å². The van der Waals surface area contributed by atoms with Crippen LogP contribution in [-0.2, 0) is 4.79 Å². The molecule has 0 saturated heterocycles. The minimum Gasteiger partial charge on any atom is -0.369 e. The van der Waals surface area contributed by atoms with Crippen LogP contribution in [-0.4, -0.2) is 10.9 Å². The van der Waals surface area contributed by atoms with Gasteiger partial charge in [-0.05, 0) is 46.2 Å². The minimum atomic E-state index is -0.597. The summed E-state index contributed by atoms with van der Waals surface area (Å²) in [6, 6.07) is 29.8. The highest BCUT2D eigenvalue weighted by molar-refractivity contribution is 6.31. The molecule has 146 valence electrons. The number of hydrogen-bond donors (Lipinski definition) is 2. The molecule has 0 fully saturated rings. The van der Waals surface area contributed by atoms with Crippen LogP contribution in [0, 0.1) is 0 Å². The maximum Gasteiger partial charge on any atom is 0.229 e. The zero-order chi connectivity index (χ0) is 20.7. The standard InChI is InChI=1S/C26H19ClN2O/c27-20-12-13-22-21(15-20)24(23(26(28)30)17-7-2-1-3-8-17)25(29-22)19-11-10-16-6-4-5-9-18(16)14-19/h1-15,23,29H,(H2,28,30). The summed E-state index contributed by atoms with van der Waals surface area (Å²) in [5.41, 5.74) is 10.4. The Hall–Kier alpha value is -3.56. The van der Waals surface area contributed by atoms with E-state index in [9.17, 15) is 4.79 Å². The lowest BCUT2D eigenvalue weighted by molar-refractivity contribution is -0.118. The van der Waals surface area contributed by atoms with Gasteiger partial charge in [-0.3, -0.25) is 4.79 Å². The number of primary amides is 1. The van der Waals surface area contributed by atoms with E-state index in [1.807, 2.05) is 60.7 Å². The quantitative estimate of drug-likeness (QED) is 0.361. The molecule has 0 aliphatic rings. The Bertz CT molecular complexity index is 1390. The van der Waals surface area contributed by atoms with Crippen LogP contribution in [0.5, 0.6) is 0 Å². The van der Waals surface area contributed by atoms with Gasteiger partial charge in [0.05, 0.1) is 11.6 Å². The van der Waals surface area contributed by atoms with Gasteiger partial charge in [0.1, 0.15) is 0 Å². The van der Waals surface area contributed by atoms with Crippen LogP contribution in [0.2, 0.25) is 5.02 Å². The van der Waals surface area contributed by atoms with Crippen LogP contribution in [0.4, 0.5) is 0 Å². The molecule has 5 rings (SSSR count). The number of carbonyl (C=O) groups is 1. The maximum atomic E-state index is 12.7. The second-order valence-electron chi connectivity index (χ2n) is 7.41. The van der Waals surface area contributed by atoms with Crippen molar-refractivity contribution in [2.75, 3.05) is 0 Å². The van der Waals surface area contributed by atoms with Crippen molar-refractivity contribution in [1.29, 1.82) is 0 Å². The largest absolute Gasteiger partial charge is 0.369 e. The maximum absolute atomic E-state index is 12.7. The van der Waals surface area contributed by atoms with Crippen molar-refractivity contribution in [1.82, 2.24) is 4.98 Å². The number of aromatic amines is 1. The fraction of sp³-hybridized carbons (Fsp3) is 0.0385. The van der Waals surface area contributed by atoms with Crippen molar-refractivity contribution in [3.05, 3.63) is 107 Å². The Labute approximate surface area is 179 Å². The second-order valence-corrected chi connectivity index (χ2v) is 7.85. The number of hydrogen-bond acceptors (Lipinski definition) is 1.